The first-order valence-electron chi connectivity index (χ1n) is 7.39. The molecule has 1 N–H and O–H groups in total. The fourth-order valence-corrected chi connectivity index (χ4v) is 1.92. The van der Waals surface area contributed by atoms with Crippen molar-refractivity contribution in [3.05, 3.63) is 59.9 Å². The highest BCUT2D eigenvalue weighted by molar-refractivity contribution is 5.95. The molecule has 2 aromatic carbocycles. The Morgan fingerprint density at radius 1 is 1.17 bits per heavy atom. The van der Waals surface area contributed by atoms with Crippen molar-refractivity contribution < 1.29 is 23.5 Å². The van der Waals surface area contributed by atoms with Gasteiger partial charge in [-0.15, -0.1) is 0 Å². The molecule has 0 spiro atoms. The number of hydrogen-bond donors (Lipinski definition) is 1. The Labute approximate surface area is 139 Å². The summed E-state index contributed by atoms with van der Waals surface area (Å²) in [6.45, 7) is 3.01. The van der Waals surface area contributed by atoms with E-state index in [0.717, 1.165) is 5.56 Å². The Morgan fingerprint density at radius 2 is 1.88 bits per heavy atom. The molecule has 5 nitrogen and oxygen atoms in total. The van der Waals surface area contributed by atoms with Crippen molar-refractivity contribution in [1.29, 1.82) is 0 Å². The Bertz CT molecular complexity index is 715. The lowest BCUT2D eigenvalue weighted by atomic mass is 10.2. The molecule has 2 aromatic rings. The zero-order chi connectivity index (χ0) is 17.5. The van der Waals surface area contributed by atoms with Gasteiger partial charge < -0.3 is 14.8 Å². The van der Waals surface area contributed by atoms with Gasteiger partial charge in [-0.25, -0.2) is 9.18 Å². The summed E-state index contributed by atoms with van der Waals surface area (Å²) in [5, 5.41) is 2.67. The Morgan fingerprint density at radius 3 is 2.54 bits per heavy atom. The molecule has 1 atom stereocenters. The third-order valence-electron chi connectivity index (χ3n) is 3.13. The molecule has 126 valence electrons. The van der Waals surface area contributed by atoms with Gasteiger partial charge in [-0.05, 0) is 55.8 Å². The average Bonchev–Trinajstić information content (AvgIpc) is 2.54. The van der Waals surface area contributed by atoms with Gasteiger partial charge in [-0.3, -0.25) is 4.79 Å². The second-order valence-corrected chi connectivity index (χ2v) is 5.23. The van der Waals surface area contributed by atoms with Gasteiger partial charge in [0.15, 0.2) is 12.7 Å². The molecule has 2 rings (SSSR count). The van der Waals surface area contributed by atoms with Crippen LogP contribution in [0.1, 0.15) is 12.5 Å². The van der Waals surface area contributed by atoms with E-state index >= 15 is 0 Å². The third-order valence-corrected chi connectivity index (χ3v) is 3.13. The number of nitrogens with one attached hydrogen (secondary N) is 1. The van der Waals surface area contributed by atoms with E-state index in [0.29, 0.717) is 11.4 Å². The normalized spacial score (nSPS) is 11.5. The highest BCUT2D eigenvalue weighted by Crippen LogP contribution is 2.12. The number of hydrogen-bond acceptors (Lipinski definition) is 4. The van der Waals surface area contributed by atoms with E-state index in [-0.39, 0.29) is 6.61 Å². The maximum Gasteiger partial charge on any atom is 0.344 e. The quantitative estimate of drug-likeness (QED) is 0.826. The molecule has 0 radical (unpaired) electrons. The van der Waals surface area contributed by atoms with Gasteiger partial charge in [0.1, 0.15) is 11.6 Å². The van der Waals surface area contributed by atoms with E-state index in [1.165, 1.54) is 31.2 Å². The molecule has 0 aliphatic carbocycles. The van der Waals surface area contributed by atoms with Gasteiger partial charge in [0.25, 0.3) is 5.91 Å². The zero-order valence-electron chi connectivity index (χ0n) is 13.4. The van der Waals surface area contributed by atoms with Crippen LogP contribution < -0.4 is 10.1 Å². The van der Waals surface area contributed by atoms with Crippen molar-refractivity contribution in [1.82, 2.24) is 0 Å². The van der Waals surface area contributed by atoms with Crippen LogP contribution in [0.15, 0.2) is 48.5 Å². The zero-order valence-corrected chi connectivity index (χ0v) is 13.4. The molecule has 0 heterocycles. The Balaban J connectivity index is 1.80. The molecule has 0 fully saturated rings. The molecular formula is C18H18FNO4. The van der Waals surface area contributed by atoms with E-state index in [1.54, 1.807) is 6.07 Å². The summed E-state index contributed by atoms with van der Waals surface area (Å²) in [7, 11) is 0. The Hall–Kier alpha value is -2.89. The second kappa shape index (κ2) is 8.10. The third kappa shape index (κ3) is 5.39. The summed E-state index contributed by atoms with van der Waals surface area (Å²) in [5.41, 5.74) is 1.63. The molecule has 0 aliphatic heterocycles. The topological polar surface area (TPSA) is 64.6 Å². The smallest absolute Gasteiger partial charge is 0.344 e. The first-order valence-corrected chi connectivity index (χ1v) is 7.39. The second-order valence-electron chi connectivity index (χ2n) is 5.23. The highest BCUT2D eigenvalue weighted by Gasteiger charge is 2.18. The number of amides is 1. The number of carbonyl (C=O) groups is 2. The van der Waals surface area contributed by atoms with Crippen molar-refractivity contribution >= 4 is 17.6 Å². The predicted molar refractivity (Wildman–Crippen MR) is 87.3 cm³/mol. The number of esters is 1. The van der Waals surface area contributed by atoms with Crippen molar-refractivity contribution in [3.8, 4) is 5.75 Å². The van der Waals surface area contributed by atoms with Crippen LogP contribution in [0.5, 0.6) is 5.75 Å². The minimum absolute atomic E-state index is 0.338. The van der Waals surface area contributed by atoms with Crippen LogP contribution in [-0.2, 0) is 14.3 Å². The maximum absolute atomic E-state index is 12.8. The summed E-state index contributed by atoms with van der Waals surface area (Å²) in [5.74, 6) is -1.18. The van der Waals surface area contributed by atoms with Gasteiger partial charge in [0.2, 0.25) is 0 Å². The fraction of sp³-hybridized carbons (Fsp3) is 0.222. The Kier molecular flexibility index (Phi) is 5.89. The van der Waals surface area contributed by atoms with Gasteiger partial charge in [-0.2, -0.15) is 0 Å². The van der Waals surface area contributed by atoms with Crippen LogP contribution in [0.3, 0.4) is 0 Å². The van der Waals surface area contributed by atoms with Crippen molar-refractivity contribution in [3.63, 3.8) is 0 Å². The van der Waals surface area contributed by atoms with E-state index in [2.05, 4.69) is 5.32 Å². The van der Waals surface area contributed by atoms with Crippen LogP contribution in [-0.4, -0.2) is 24.6 Å². The maximum atomic E-state index is 12.8. The molecular weight excluding hydrogens is 313 g/mol. The van der Waals surface area contributed by atoms with Crippen LogP contribution in [0, 0.1) is 12.7 Å². The predicted octanol–water partition coefficient (Wildman–Crippen LogP) is 3.08. The molecule has 0 saturated heterocycles. The number of carbonyl (C=O) groups excluding carboxylic acids is 2. The van der Waals surface area contributed by atoms with Gasteiger partial charge in [0.05, 0.1) is 0 Å². The highest BCUT2D eigenvalue weighted by atomic mass is 19.1. The van der Waals surface area contributed by atoms with E-state index in [1.807, 2.05) is 25.1 Å². The van der Waals surface area contributed by atoms with E-state index in [9.17, 15) is 14.0 Å². The summed E-state index contributed by atoms with van der Waals surface area (Å²) in [4.78, 5) is 23.7. The summed E-state index contributed by atoms with van der Waals surface area (Å²) >= 11 is 0. The molecule has 0 saturated carbocycles. The van der Waals surface area contributed by atoms with Gasteiger partial charge in [0, 0.05) is 5.69 Å². The summed E-state index contributed by atoms with van der Waals surface area (Å²) in [6, 6.07) is 12.5. The minimum Gasteiger partial charge on any atom is -0.482 e. The van der Waals surface area contributed by atoms with Gasteiger partial charge in [-0.1, -0.05) is 12.1 Å². The standard InChI is InChI=1S/C18H18FNO4/c1-12-4-3-5-15(10-12)20-18(22)13(2)24-17(21)11-23-16-8-6-14(19)7-9-16/h3-10,13H,11H2,1-2H3,(H,20,22)/t13-/m0/s1. The van der Waals surface area contributed by atoms with Crippen LogP contribution >= 0.6 is 0 Å². The molecule has 0 bridgehead atoms. The average molecular weight is 331 g/mol. The SMILES string of the molecule is Cc1cccc(NC(=O)[C@H](C)OC(=O)COc2ccc(F)cc2)c1. The van der Waals surface area contributed by atoms with Gasteiger partial charge >= 0.3 is 5.97 Å². The first kappa shape index (κ1) is 17.5. The van der Waals surface area contributed by atoms with E-state index < -0.39 is 23.8 Å². The van der Waals surface area contributed by atoms with Crippen molar-refractivity contribution in [2.24, 2.45) is 0 Å². The van der Waals surface area contributed by atoms with Crippen LogP contribution in [0.4, 0.5) is 10.1 Å². The lowest BCUT2D eigenvalue weighted by molar-refractivity contribution is -0.155. The molecule has 0 aliphatic rings. The lowest BCUT2D eigenvalue weighted by Crippen LogP contribution is -2.31. The summed E-state index contributed by atoms with van der Waals surface area (Å²) in [6.07, 6.45) is -0.963. The largest absolute Gasteiger partial charge is 0.482 e. The minimum atomic E-state index is -0.963. The number of aryl methyl sites for hydroxylation is 1. The number of halogens is 1. The van der Waals surface area contributed by atoms with Crippen LogP contribution in [0.25, 0.3) is 0 Å². The number of anilines is 1. The lowest BCUT2D eigenvalue weighted by Gasteiger charge is -2.14. The number of ether oxygens (including phenoxy) is 2. The number of rotatable bonds is 6. The van der Waals surface area contributed by atoms with Crippen molar-refractivity contribution in [2.45, 2.75) is 20.0 Å². The molecule has 1 amide bonds. The fourth-order valence-electron chi connectivity index (χ4n) is 1.92. The number of benzene rings is 2. The molecule has 0 unspecified atom stereocenters. The van der Waals surface area contributed by atoms with Crippen molar-refractivity contribution in [2.75, 3.05) is 11.9 Å². The van der Waals surface area contributed by atoms with Crippen LogP contribution in [0.2, 0.25) is 0 Å². The summed E-state index contributed by atoms with van der Waals surface area (Å²) < 4.78 is 22.9. The molecule has 0 aromatic heterocycles. The molecule has 24 heavy (non-hydrogen) atoms. The monoisotopic (exact) mass is 331 g/mol. The first-order chi connectivity index (χ1) is 11.4. The van der Waals surface area contributed by atoms with E-state index in [4.69, 9.17) is 9.47 Å². The molecule has 6 heteroatoms.